The van der Waals surface area contributed by atoms with Gasteiger partial charge in [-0.05, 0) is 139 Å². The number of rotatable bonds is 4. The van der Waals surface area contributed by atoms with Gasteiger partial charge in [0.05, 0.1) is 6.10 Å². The third kappa shape index (κ3) is 4.11. The van der Waals surface area contributed by atoms with Crippen molar-refractivity contribution in [1.82, 2.24) is 4.90 Å². The van der Waals surface area contributed by atoms with E-state index in [2.05, 4.69) is 25.9 Å². The fourth-order valence-electron chi connectivity index (χ4n) is 10.6. The lowest BCUT2D eigenvalue weighted by Crippen LogP contribution is -2.61. The van der Waals surface area contributed by atoms with Gasteiger partial charge in [-0.3, -0.25) is 9.59 Å². The van der Waals surface area contributed by atoms with Crippen LogP contribution in [0.5, 0.6) is 0 Å². The number of esters is 1. The van der Waals surface area contributed by atoms with Crippen LogP contribution in [-0.4, -0.2) is 53.6 Å². The fourth-order valence-corrected chi connectivity index (χ4v) is 10.6. The summed E-state index contributed by atoms with van der Waals surface area (Å²) in [6, 6.07) is 0.682. The fraction of sp³-hybridized carbons (Fsp3) is 0.933. The lowest BCUT2D eigenvalue weighted by atomic mass is 9.44. The molecule has 0 aromatic carbocycles. The molecule has 5 fully saturated rings. The van der Waals surface area contributed by atoms with Gasteiger partial charge in [-0.15, -0.1) is 0 Å². The van der Waals surface area contributed by atoms with Crippen molar-refractivity contribution in [3.8, 4) is 0 Å². The highest BCUT2D eigenvalue weighted by molar-refractivity contribution is 5.89. The number of aliphatic hydroxyl groups is 1. The van der Waals surface area contributed by atoms with Gasteiger partial charge in [0.15, 0.2) is 11.4 Å². The van der Waals surface area contributed by atoms with E-state index in [1.54, 1.807) is 6.92 Å². The summed E-state index contributed by atoms with van der Waals surface area (Å²) in [5, 5.41) is 10.5. The maximum absolute atomic E-state index is 13.3. The smallest absolute Gasteiger partial charge is 0.303 e. The Bertz CT molecular complexity index is 819. The van der Waals surface area contributed by atoms with Crippen molar-refractivity contribution in [2.24, 2.45) is 46.8 Å². The monoisotopic (exact) mass is 487 g/mol. The Morgan fingerprint density at radius 2 is 1.51 bits per heavy atom. The first-order valence-electron chi connectivity index (χ1n) is 14.6. The van der Waals surface area contributed by atoms with E-state index in [1.807, 2.05) is 0 Å². The van der Waals surface area contributed by atoms with Gasteiger partial charge in [0.25, 0.3) is 0 Å². The highest BCUT2D eigenvalue weighted by atomic mass is 16.6. The Hall–Kier alpha value is -0.940. The topological polar surface area (TPSA) is 66.8 Å². The van der Waals surface area contributed by atoms with E-state index in [0.29, 0.717) is 48.0 Å². The number of hydrogen-bond donors (Lipinski definition) is 1. The summed E-state index contributed by atoms with van der Waals surface area (Å²) in [6.07, 6.45) is 13.2. The van der Waals surface area contributed by atoms with Crippen LogP contribution >= 0.6 is 0 Å². The number of fused-ring (bicyclic) bond motifs is 5. The molecule has 5 nitrogen and oxygen atoms in total. The largest absolute Gasteiger partial charge is 0.451 e. The van der Waals surface area contributed by atoms with Crippen LogP contribution in [0.15, 0.2) is 0 Å². The third-order valence-corrected chi connectivity index (χ3v) is 12.1. The van der Waals surface area contributed by atoms with Crippen LogP contribution in [0.2, 0.25) is 0 Å². The van der Waals surface area contributed by atoms with E-state index in [-0.39, 0.29) is 23.3 Å². The second-order valence-electron chi connectivity index (χ2n) is 13.6. The predicted molar refractivity (Wildman–Crippen MR) is 137 cm³/mol. The van der Waals surface area contributed by atoms with Crippen LogP contribution in [0.3, 0.4) is 0 Å². The maximum Gasteiger partial charge on any atom is 0.303 e. The number of nitrogens with zero attached hydrogens (tertiary/aromatic N) is 1. The molecule has 0 radical (unpaired) electrons. The number of hydrogen-bond acceptors (Lipinski definition) is 5. The standard InChI is InChI=1S/C30H49NO4/c1-18(32)30(35-19(2)33)15-14-27-25-12-8-21-16-23(34)11-13-24(21)28(25)26(17-29(27,30)3)20-6-9-22(10-7-20)31(4)5/h20-28,34H,6-17H2,1-5H3/t20?,21?,22?,23?,24?,25?,26-,27?,28?,29+,30?/m1/s1. The molecule has 0 spiro atoms. The SMILES string of the molecule is CC(=O)OC1(C(C)=O)CCC2C3CCC4CC(O)CCC4C3[C@@H](C3CCC(N(C)C)CC3)C[C@@]21C. The second kappa shape index (κ2) is 9.42. The quantitative estimate of drug-likeness (QED) is 0.550. The van der Waals surface area contributed by atoms with Gasteiger partial charge in [0.1, 0.15) is 0 Å². The molecule has 9 atom stereocenters. The van der Waals surface area contributed by atoms with Crippen molar-refractivity contribution in [2.45, 2.75) is 116 Å². The first kappa shape index (κ1) is 25.7. The zero-order valence-corrected chi connectivity index (χ0v) is 22.8. The zero-order chi connectivity index (χ0) is 25.1. The molecule has 198 valence electrons. The predicted octanol–water partition coefficient (Wildman–Crippen LogP) is 5.24. The number of Topliss-reactive ketones (excluding diaryl/α,β-unsaturated/α-hetero) is 1. The summed E-state index contributed by atoms with van der Waals surface area (Å²) in [7, 11) is 4.43. The molecule has 0 aromatic heterocycles. The van der Waals surface area contributed by atoms with Crippen molar-refractivity contribution in [3.63, 3.8) is 0 Å². The molecule has 0 saturated heterocycles. The third-order valence-electron chi connectivity index (χ3n) is 12.1. The molecule has 0 heterocycles. The average molecular weight is 488 g/mol. The van der Waals surface area contributed by atoms with Crippen molar-refractivity contribution in [2.75, 3.05) is 14.1 Å². The Kier molecular flexibility index (Phi) is 6.92. The molecular formula is C30H49NO4. The summed E-state index contributed by atoms with van der Waals surface area (Å²) in [5.41, 5.74) is -1.22. The molecule has 1 N–H and O–H groups in total. The first-order chi connectivity index (χ1) is 16.6. The van der Waals surface area contributed by atoms with Gasteiger partial charge < -0.3 is 14.7 Å². The number of carbonyl (C=O) groups excluding carboxylic acids is 2. The Morgan fingerprint density at radius 3 is 2.14 bits per heavy atom. The Balaban J connectivity index is 1.51. The van der Waals surface area contributed by atoms with Gasteiger partial charge in [-0.1, -0.05) is 6.92 Å². The van der Waals surface area contributed by atoms with Gasteiger partial charge in [0, 0.05) is 18.4 Å². The maximum atomic E-state index is 13.3. The molecule has 7 unspecified atom stereocenters. The highest BCUT2D eigenvalue weighted by Gasteiger charge is 2.69. The molecule has 5 heteroatoms. The van der Waals surface area contributed by atoms with E-state index in [9.17, 15) is 14.7 Å². The highest BCUT2D eigenvalue weighted by Crippen LogP contribution is 2.69. The molecule has 5 aliphatic carbocycles. The van der Waals surface area contributed by atoms with Crippen LogP contribution < -0.4 is 0 Å². The van der Waals surface area contributed by atoms with Crippen LogP contribution in [0.25, 0.3) is 0 Å². The lowest BCUT2D eigenvalue weighted by Gasteiger charge is -2.62. The van der Waals surface area contributed by atoms with Crippen molar-refractivity contribution in [3.05, 3.63) is 0 Å². The molecule has 5 aliphatic rings. The number of ketones is 1. The number of ether oxygens (including phenoxy) is 1. The summed E-state index contributed by atoms with van der Waals surface area (Å²) in [6.45, 7) is 5.46. The summed E-state index contributed by atoms with van der Waals surface area (Å²) in [5.74, 6) is 4.22. The minimum absolute atomic E-state index is 0.0562. The molecular weight excluding hydrogens is 438 g/mol. The first-order valence-corrected chi connectivity index (χ1v) is 14.6. The van der Waals surface area contributed by atoms with Gasteiger partial charge in [-0.25, -0.2) is 0 Å². The van der Waals surface area contributed by atoms with E-state index >= 15 is 0 Å². The molecule has 0 amide bonds. The Labute approximate surface area is 212 Å². The lowest BCUT2D eigenvalue weighted by molar-refractivity contribution is -0.197. The van der Waals surface area contributed by atoms with Gasteiger partial charge in [-0.2, -0.15) is 0 Å². The minimum atomic E-state index is -0.951. The summed E-state index contributed by atoms with van der Waals surface area (Å²) >= 11 is 0. The second-order valence-corrected chi connectivity index (χ2v) is 13.6. The molecule has 0 bridgehead atoms. The van der Waals surface area contributed by atoms with Crippen LogP contribution in [0, 0.1) is 46.8 Å². The van der Waals surface area contributed by atoms with Gasteiger partial charge >= 0.3 is 5.97 Å². The summed E-state index contributed by atoms with van der Waals surface area (Å²) in [4.78, 5) is 28.0. The van der Waals surface area contributed by atoms with E-state index < -0.39 is 5.60 Å². The molecule has 0 aromatic rings. The van der Waals surface area contributed by atoms with Crippen molar-refractivity contribution in [1.29, 1.82) is 0 Å². The normalized spacial score (nSPS) is 49.6. The van der Waals surface area contributed by atoms with Crippen LogP contribution in [0.1, 0.15) is 97.8 Å². The van der Waals surface area contributed by atoms with Gasteiger partial charge in [0.2, 0.25) is 0 Å². The Morgan fingerprint density at radius 1 is 0.857 bits per heavy atom. The summed E-state index contributed by atoms with van der Waals surface area (Å²) < 4.78 is 6.09. The average Bonchev–Trinajstić information content (AvgIpc) is 3.10. The van der Waals surface area contributed by atoms with E-state index in [1.165, 1.54) is 51.9 Å². The van der Waals surface area contributed by atoms with Crippen LogP contribution in [0.4, 0.5) is 0 Å². The van der Waals surface area contributed by atoms with E-state index in [4.69, 9.17) is 4.74 Å². The molecule has 5 rings (SSSR count). The molecule has 35 heavy (non-hydrogen) atoms. The number of carbonyl (C=O) groups is 2. The molecule has 0 aliphatic heterocycles. The van der Waals surface area contributed by atoms with Crippen LogP contribution in [-0.2, 0) is 14.3 Å². The number of aliphatic hydroxyl groups excluding tert-OH is 1. The van der Waals surface area contributed by atoms with Crippen molar-refractivity contribution >= 4 is 11.8 Å². The molecule has 5 saturated carbocycles. The van der Waals surface area contributed by atoms with Crippen molar-refractivity contribution < 1.29 is 19.4 Å². The minimum Gasteiger partial charge on any atom is -0.451 e. The van der Waals surface area contributed by atoms with E-state index in [0.717, 1.165) is 31.6 Å². The zero-order valence-electron chi connectivity index (χ0n) is 22.8.